The molecular formula is C24H31N5O. The second-order valence-electron chi connectivity index (χ2n) is 7.42. The molecule has 0 aliphatic rings. The fourth-order valence-corrected chi connectivity index (χ4v) is 3.39. The molecule has 158 valence electrons. The molecule has 2 aromatic carbocycles. The Morgan fingerprint density at radius 1 is 1.07 bits per heavy atom. The number of carbonyl (C=O) groups excluding carboxylic acids is 1. The molecule has 6 heteroatoms. The van der Waals surface area contributed by atoms with Gasteiger partial charge in [-0.1, -0.05) is 31.2 Å². The number of H-pyrrole nitrogens is 1. The Bertz CT molecular complexity index is 1020. The Morgan fingerprint density at radius 3 is 2.73 bits per heavy atom. The first kappa shape index (κ1) is 21.4. The Kier molecular flexibility index (Phi) is 7.49. The lowest BCUT2D eigenvalue weighted by Gasteiger charge is -2.12. The monoisotopic (exact) mass is 405 g/mol. The molecule has 0 spiro atoms. The second kappa shape index (κ2) is 10.5. The summed E-state index contributed by atoms with van der Waals surface area (Å²) >= 11 is 0. The number of carbonyl (C=O) groups is 1. The smallest absolute Gasteiger partial charge is 0.251 e. The SMILES string of the molecule is CCCNC(=O)c1cccc(CNC(=NC)NCCc2c[nH]c3cc(C)ccc23)c1. The van der Waals surface area contributed by atoms with Crippen LogP contribution in [0.2, 0.25) is 0 Å². The molecule has 3 rings (SSSR count). The highest BCUT2D eigenvalue weighted by molar-refractivity contribution is 5.94. The Morgan fingerprint density at radius 2 is 1.93 bits per heavy atom. The number of aromatic nitrogens is 1. The van der Waals surface area contributed by atoms with Crippen LogP contribution < -0.4 is 16.0 Å². The molecule has 30 heavy (non-hydrogen) atoms. The summed E-state index contributed by atoms with van der Waals surface area (Å²) in [5.41, 5.74) is 5.44. The number of nitrogens with zero attached hydrogens (tertiary/aromatic N) is 1. The van der Waals surface area contributed by atoms with Crippen LogP contribution in [0.1, 0.15) is 40.4 Å². The minimum absolute atomic E-state index is 0.0323. The molecule has 6 nitrogen and oxygen atoms in total. The molecule has 0 atom stereocenters. The maximum atomic E-state index is 12.1. The van der Waals surface area contributed by atoms with Crippen molar-refractivity contribution < 1.29 is 4.79 Å². The predicted molar refractivity (Wildman–Crippen MR) is 124 cm³/mol. The topological polar surface area (TPSA) is 81.3 Å². The standard InChI is InChI=1S/C24H31N5O/c1-4-11-26-23(30)19-7-5-6-18(14-19)15-29-24(25-3)27-12-10-20-16-28-22-13-17(2)8-9-21(20)22/h5-9,13-14,16,28H,4,10-12,15H2,1-3H3,(H,26,30)(H2,25,27,29). The zero-order valence-electron chi connectivity index (χ0n) is 18.0. The first-order chi connectivity index (χ1) is 14.6. The van der Waals surface area contributed by atoms with Crippen LogP contribution in [-0.2, 0) is 13.0 Å². The highest BCUT2D eigenvalue weighted by atomic mass is 16.1. The molecule has 0 fully saturated rings. The first-order valence-corrected chi connectivity index (χ1v) is 10.5. The highest BCUT2D eigenvalue weighted by Crippen LogP contribution is 2.19. The molecule has 0 aliphatic heterocycles. The average molecular weight is 406 g/mol. The second-order valence-corrected chi connectivity index (χ2v) is 7.42. The van der Waals surface area contributed by atoms with E-state index in [1.165, 1.54) is 22.0 Å². The quantitative estimate of drug-likeness (QED) is 0.342. The molecule has 0 unspecified atom stereocenters. The largest absolute Gasteiger partial charge is 0.361 e. The number of guanidine groups is 1. The maximum absolute atomic E-state index is 12.1. The predicted octanol–water partition coefficient (Wildman–Crippen LogP) is 3.52. The van der Waals surface area contributed by atoms with Gasteiger partial charge in [-0.15, -0.1) is 0 Å². The van der Waals surface area contributed by atoms with E-state index in [1.54, 1.807) is 7.05 Å². The van der Waals surface area contributed by atoms with Crippen molar-refractivity contribution in [3.63, 3.8) is 0 Å². The number of fused-ring (bicyclic) bond motifs is 1. The molecule has 0 radical (unpaired) electrons. The molecule has 1 aromatic heterocycles. The highest BCUT2D eigenvalue weighted by Gasteiger charge is 2.07. The van der Waals surface area contributed by atoms with Crippen LogP contribution >= 0.6 is 0 Å². The Hall–Kier alpha value is -3.28. The van der Waals surface area contributed by atoms with Gasteiger partial charge in [0.05, 0.1) is 0 Å². The number of aryl methyl sites for hydroxylation is 1. The van der Waals surface area contributed by atoms with Crippen molar-refractivity contribution in [1.82, 2.24) is 20.9 Å². The van der Waals surface area contributed by atoms with Gasteiger partial charge in [-0.25, -0.2) is 0 Å². The van der Waals surface area contributed by atoms with Crippen molar-refractivity contribution >= 4 is 22.8 Å². The van der Waals surface area contributed by atoms with E-state index in [4.69, 9.17) is 0 Å². The van der Waals surface area contributed by atoms with Gasteiger partial charge >= 0.3 is 0 Å². The lowest BCUT2D eigenvalue weighted by atomic mass is 10.1. The third kappa shape index (κ3) is 5.63. The number of rotatable bonds is 8. The van der Waals surface area contributed by atoms with Crippen LogP contribution in [0, 0.1) is 6.92 Å². The summed E-state index contributed by atoms with van der Waals surface area (Å²) in [5, 5.41) is 10.9. The average Bonchev–Trinajstić information content (AvgIpc) is 3.16. The number of nitrogens with one attached hydrogen (secondary N) is 4. The summed E-state index contributed by atoms with van der Waals surface area (Å²) in [7, 11) is 1.76. The summed E-state index contributed by atoms with van der Waals surface area (Å²) in [6.45, 7) is 6.21. The zero-order valence-corrected chi connectivity index (χ0v) is 18.0. The van der Waals surface area contributed by atoms with Gasteiger partial charge in [-0.05, 0) is 54.7 Å². The minimum atomic E-state index is -0.0323. The van der Waals surface area contributed by atoms with E-state index in [2.05, 4.69) is 57.2 Å². The lowest BCUT2D eigenvalue weighted by Crippen LogP contribution is -2.37. The summed E-state index contributed by atoms with van der Waals surface area (Å²) < 4.78 is 0. The Balaban J connectivity index is 1.51. The maximum Gasteiger partial charge on any atom is 0.251 e. The van der Waals surface area contributed by atoms with Crippen molar-refractivity contribution in [1.29, 1.82) is 0 Å². The van der Waals surface area contributed by atoms with Gasteiger partial charge in [0, 0.05) is 49.3 Å². The van der Waals surface area contributed by atoms with Crippen molar-refractivity contribution in [2.45, 2.75) is 33.2 Å². The number of hydrogen-bond donors (Lipinski definition) is 4. The lowest BCUT2D eigenvalue weighted by molar-refractivity contribution is 0.0953. The van der Waals surface area contributed by atoms with Gasteiger partial charge in [0.15, 0.2) is 5.96 Å². The fourth-order valence-electron chi connectivity index (χ4n) is 3.39. The molecule has 0 bridgehead atoms. The van der Waals surface area contributed by atoms with Crippen LogP contribution in [0.4, 0.5) is 0 Å². The van der Waals surface area contributed by atoms with E-state index >= 15 is 0 Å². The van der Waals surface area contributed by atoms with Crippen molar-refractivity contribution in [3.05, 3.63) is 70.9 Å². The van der Waals surface area contributed by atoms with E-state index in [-0.39, 0.29) is 5.91 Å². The van der Waals surface area contributed by atoms with Crippen molar-refractivity contribution in [3.8, 4) is 0 Å². The summed E-state index contributed by atoms with van der Waals surface area (Å²) in [4.78, 5) is 19.8. The molecule has 3 aromatic rings. The summed E-state index contributed by atoms with van der Waals surface area (Å²) in [6.07, 6.45) is 3.90. The van der Waals surface area contributed by atoms with Gasteiger partial charge in [-0.3, -0.25) is 9.79 Å². The number of amides is 1. The number of aliphatic imine (C=N–C) groups is 1. The molecule has 1 amide bonds. The van der Waals surface area contributed by atoms with Crippen LogP contribution in [0.3, 0.4) is 0 Å². The number of hydrogen-bond acceptors (Lipinski definition) is 2. The summed E-state index contributed by atoms with van der Waals surface area (Å²) in [5.74, 6) is 0.710. The van der Waals surface area contributed by atoms with Crippen LogP contribution in [0.15, 0.2) is 53.7 Å². The van der Waals surface area contributed by atoms with Crippen LogP contribution in [-0.4, -0.2) is 37.0 Å². The van der Waals surface area contributed by atoms with Gasteiger partial charge in [-0.2, -0.15) is 0 Å². The van der Waals surface area contributed by atoms with Crippen LogP contribution in [0.25, 0.3) is 10.9 Å². The molecular weight excluding hydrogens is 374 g/mol. The van der Waals surface area contributed by atoms with Gasteiger partial charge in [0.2, 0.25) is 0 Å². The zero-order chi connectivity index (χ0) is 21.3. The van der Waals surface area contributed by atoms with E-state index in [0.717, 1.165) is 30.9 Å². The third-order valence-electron chi connectivity index (χ3n) is 5.02. The molecule has 4 N–H and O–H groups in total. The number of aromatic amines is 1. The normalized spacial score (nSPS) is 11.5. The molecule has 0 saturated heterocycles. The van der Waals surface area contributed by atoms with Crippen molar-refractivity contribution in [2.24, 2.45) is 4.99 Å². The summed E-state index contributed by atoms with van der Waals surface area (Å²) in [6, 6.07) is 14.2. The van der Waals surface area contributed by atoms with E-state index in [0.29, 0.717) is 18.7 Å². The van der Waals surface area contributed by atoms with E-state index in [9.17, 15) is 4.79 Å². The molecule has 1 heterocycles. The molecule has 0 saturated carbocycles. The Labute approximate surface area is 178 Å². The van der Waals surface area contributed by atoms with Gasteiger partial charge in [0.25, 0.3) is 5.91 Å². The van der Waals surface area contributed by atoms with Gasteiger partial charge < -0.3 is 20.9 Å². The van der Waals surface area contributed by atoms with E-state index in [1.807, 2.05) is 31.2 Å². The van der Waals surface area contributed by atoms with Crippen molar-refractivity contribution in [2.75, 3.05) is 20.1 Å². The van der Waals surface area contributed by atoms with Crippen LogP contribution in [0.5, 0.6) is 0 Å². The minimum Gasteiger partial charge on any atom is -0.361 e. The number of benzene rings is 2. The van der Waals surface area contributed by atoms with E-state index < -0.39 is 0 Å². The van der Waals surface area contributed by atoms with Gasteiger partial charge in [0.1, 0.15) is 0 Å². The molecule has 0 aliphatic carbocycles. The first-order valence-electron chi connectivity index (χ1n) is 10.5. The third-order valence-corrected chi connectivity index (χ3v) is 5.02. The fraction of sp³-hybridized carbons (Fsp3) is 0.333.